The van der Waals surface area contributed by atoms with E-state index in [0.717, 1.165) is 12.8 Å². The lowest BCUT2D eigenvalue weighted by molar-refractivity contribution is -0.116. The SMILES string of the molecule is COc1cc(NC(=O)CCc2c(C)noc2Cl)c(C(=O)N2CCCC2)cc1OC. The number of carbonyl (C=O) groups is 2. The summed E-state index contributed by atoms with van der Waals surface area (Å²) < 4.78 is 15.6. The Labute approximate surface area is 174 Å². The summed E-state index contributed by atoms with van der Waals surface area (Å²) in [5, 5.41) is 6.79. The Morgan fingerprint density at radius 3 is 2.45 bits per heavy atom. The molecule has 1 aliphatic heterocycles. The van der Waals surface area contributed by atoms with Crippen molar-refractivity contribution in [2.24, 2.45) is 0 Å². The van der Waals surface area contributed by atoms with Gasteiger partial charge in [0.2, 0.25) is 11.1 Å². The molecule has 29 heavy (non-hydrogen) atoms. The predicted molar refractivity (Wildman–Crippen MR) is 108 cm³/mol. The molecule has 0 aliphatic carbocycles. The number of hydrogen-bond donors (Lipinski definition) is 1. The van der Waals surface area contributed by atoms with Gasteiger partial charge in [-0.1, -0.05) is 5.16 Å². The molecule has 0 unspecified atom stereocenters. The maximum atomic E-state index is 13.0. The molecule has 1 N–H and O–H groups in total. The number of aryl methyl sites for hydroxylation is 1. The summed E-state index contributed by atoms with van der Waals surface area (Å²) in [6.07, 6.45) is 2.48. The zero-order chi connectivity index (χ0) is 21.0. The first-order valence-electron chi connectivity index (χ1n) is 9.40. The highest BCUT2D eigenvalue weighted by Gasteiger charge is 2.25. The molecule has 1 aromatic carbocycles. The molecule has 2 aromatic rings. The standard InChI is InChI=1S/C20H24ClN3O5/c1-12-13(19(21)29-23-12)6-7-18(25)22-15-11-17(28-3)16(27-2)10-14(15)20(26)24-8-4-5-9-24/h10-11H,4-9H2,1-3H3,(H,22,25). The van der Waals surface area contributed by atoms with E-state index in [1.807, 2.05) is 0 Å². The number of likely N-dealkylation sites (tertiary alicyclic amines) is 1. The van der Waals surface area contributed by atoms with E-state index < -0.39 is 0 Å². The van der Waals surface area contributed by atoms with Gasteiger partial charge in [-0.2, -0.15) is 0 Å². The quantitative estimate of drug-likeness (QED) is 0.735. The van der Waals surface area contributed by atoms with Gasteiger partial charge in [0.15, 0.2) is 11.5 Å². The molecule has 1 fully saturated rings. The van der Waals surface area contributed by atoms with Crippen molar-refractivity contribution in [1.82, 2.24) is 10.1 Å². The lowest BCUT2D eigenvalue weighted by atomic mass is 10.1. The highest BCUT2D eigenvalue weighted by atomic mass is 35.5. The summed E-state index contributed by atoms with van der Waals surface area (Å²) in [5.74, 6) is 0.458. The summed E-state index contributed by atoms with van der Waals surface area (Å²) >= 11 is 5.96. The minimum absolute atomic E-state index is 0.142. The second-order valence-corrected chi connectivity index (χ2v) is 7.16. The van der Waals surface area contributed by atoms with Crippen LogP contribution in [0.4, 0.5) is 5.69 Å². The fraction of sp³-hybridized carbons (Fsp3) is 0.450. The van der Waals surface area contributed by atoms with Crippen LogP contribution in [-0.2, 0) is 11.2 Å². The van der Waals surface area contributed by atoms with Crippen LogP contribution in [0, 0.1) is 6.92 Å². The van der Waals surface area contributed by atoms with Crippen molar-refractivity contribution >= 4 is 29.1 Å². The second-order valence-electron chi connectivity index (χ2n) is 6.82. The summed E-state index contributed by atoms with van der Waals surface area (Å²) in [6, 6.07) is 3.22. The minimum Gasteiger partial charge on any atom is -0.493 e. The Bertz CT molecular complexity index is 886. The number of methoxy groups -OCH3 is 2. The molecule has 0 radical (unpaired) electrons. The number of ether oxygens (including phenoxy) is 2. The molecular formula is C20H24ClN3O5. The van der Waals surface area contributed by atoms with Crippen molar-refractivity contribution in [2.75, 3.05) is 32.6 Å². The van der Waals surface area contributed by atoms with Crippen molar-refractivity contribution in [3.63, 3.8) is 0 Å². The molecular weight excluding hydrogens is 398 g/mol. The van der Waals surface area contributed by atoms with Crippen molar-refractivity contribution in [2.45, 2.75) is 32.6 Å². The van der Waals surface area contributed by atoms with Gasteiger partial charge in [0, 0.05) is 31.1 Å². The van der Waals surface area contributed by atoms with Crippen molar-refractivity contribution < 1.29 is 23.6 Å². The Morgan fingerprint density at radius 1 is 1.21 bits per heavy atom. The maximum absolute atomic E-state index is 13.0. The molecule has 0 spiro atoms. The minimum atomic E-state index is -0.260. The number of hydrogen-bond acceptors (Lipinski definition) is 6. The van der Waals surface area contributed by atoms with Crippen LogP contribution in [0.1, 0.15) is 40.9 Å². The number of amides is 2. The zero-order valence-electron chi connectivity index (χ0n) is 16.7. The first-order chi connectivity index (χ1) is 13.9. The third-order valence-corrected chi connectivity index (χ3v) is 5.26. The second kappa shape index (κ2) is 9.17. The number of rotatable bonds is 7. The molecule has 2 amide bonds. The van der Waals surface area contributed by atoms with Crippen molar-refractivity contribution in [3.05, 3.63) is 34.2 Å². The van der Waals surface area contributed by atoms with Crippen molar-refractivity contribution in [3.8, 4) is 11.5 Å². The van der Waals surface area contributed by atoms with Crippen molar-refractivity contribution in [1.29, 1.82) is 0 Å². The number of carbonyl (C=O) groups excluding carboxylic acids is 2. The number of nitrogens with zero attached hydrogens (tertiary/aromatic N) is 2. The van der Waals surface area contributed by atoms with Gasteiger partial charge in [0.05, 0.1) is 31.2 Å². The summed E-state index contributed by atoms with van der Waals surface area (Å²) in [7, 11) is 3.01. The maximum Gasteiger partial charge on any atom is 0.256 e. The average Bonchev–Trinajstić information content (AvgIpc) is 3.36. The zero-order valence-corrected chi connectivity index (χ0v) is 17.5. The molecule has 1 saturated heterocycles. The lowest BCUT2D eigenvalue weighted by Gasteiger charge is -2.20. The third kappa shape index (κ3) is 4.64. The van der Waals surface area contributed by atoms with E-state index in [9.17, 15) is 9.59 Å². The topological polar surface area (TPSA) is 93.9 Å². The third-order valence-electron chi connectivity index (χ3n) is 4.96. The average molecular weight is 422 g/mol. The molecule has 3 rings (SSSR count). The van der Waals surface area contributed by atoms with Gasteiger partial charge >= 0.3 is 0 Å². The largest absolute Gasteiger partial charge is 0.493 e. The highest BCUT2D eigenvalue weighted by Crippen LogP contribution is 2.34. The number of aromatic nitrogens is 1. The van der Waals surface area contributed by atoms with Gasteiger partial charge in [-0.3, -0.25) is 9.59 Å². The smallest absolute Gasteiger partial charge is 0.256 e. The lowest BCUT2D eigenvalue weighted by Crippen LogP contribution is -2.29. The van der Waals surface area contributed by atoms with Gasteiger partial charge in [-0.05, 0) is 43.9 Å². The molecule has 1 aliphatic rings. The summed E-state index contributed by atoms with van der Waals surface area (Å²) in [6.45, 7) is 3.17. The van der Waals surface area contributed by atoms with E-state index in [-0.39, 0.29) is 23.5 Å². The monoisotopic (exact) mass is 421 g/mol. The van der Waals surface area contributed by atoms with Crippen LogP contribution in [0.25, 0.3) is 0 Å². The van der Waals surface area contributed by atoms with E-state index >= 15 is 0 Å². The van der Waals surface area contributed by atoms with Gasteiger partial charge in [0.25, 0.3) is 5.91 Å². The van der Waals surface area contributed by atoms with Crippen LogP contribution in [0.15, 0.2) is 16.7 Å². The van der Waals surface area contributed by atoms with E-state index in [4.69, 9.17) is 25.6 Å². The Hall–Kier alpha value is -2.74. The number of halogens is 1. The number of nitrogens with one attached hydrogen (secondary N) is 1. The van der Waals surface area contributed by atoms with E-state index in [2.05, 4.69) is 10.5 Å². The van der Waals surface area contributed by atoms with Crippen LogP contribution in [-0.4, -0.2) is 49.2 Å². The van der Waals surface area contributed by atoms with Crippen LogP contribution < -0.4 is 14.8 Å². The Balaban J connectivity index is 1.82. The highest BCUT2D eigenvalue weighted by molar-refractivity contribution is 6.29. The van der Waals surface area contributed by atoms with Crippen LogP contribution in [0.3, 0.4) is 0 Å². The van der Waals surface area contributed by atoms with Crippen LogP contribution in [0.5, 0.6) is 11.5 Å². The fourth-order valence-electron chi connectivity index (χ4n) is 3.34. The van der Waals surface area contributed by atoms with Gasteiger partial charge in [-0.25, -0.2) is 0 Å². The molecule has 8 nitrogen and oxygen atoms in total. The number of anilines is 1. The molecule has 0 atom stereocenters. The fourth-order valence-corrected chi connectivity index (χ4v) is 3.61. The number of benzene rings is 1. The van der Waals surface area contributed by atoms with E-state index in [1.54, 1.807) is 24.0 Å². The molecule has 2 heterocycles. The molecule has 0 saturated carbocycles. The molecule has 1 aromatic heterocycles. The molecule has 9 heteroatoms. The Morgan fingerprint density at radius 2 is 1.86 bits per heavy atom. The normalized spacial score (nSPS) is 13.4. The van der Waals surface area contributed by atoms with Gasteiger partial charge in [-0.15, -0.1) is 0 Å². The molecule has 156 valence electrons. The molecule has 0 bridgehead atoms. The van der Waals surface area contributed by atoms with Gasteiger partial charge in [0.1, 0.15) is 0 Å². The first-order valence-corrected chi connectivity index (χ1v) is 9.78. The predicted octanol–water partition coefficient (Wildman–Crippen LogP) is 3.46. The summed E-state index contributed by atoms with van der Waals surface area (Å²) in [5.41, 5.74) is 2.11. The summed E-state index contributed by atoms with van der Waals surface area (Å²) in [4.78, 5) is 27.3. The Kier molecular flexibility index (Phi) is 6.64. The van der Waals surface area contributed by atoms with Gasteiger partial charge < -0.3 is 24.2 Å². The van der Waals surface area contributed by atoms with E-state index in [1.165, 1.54) is 14.2 Å². The van der Waals surface area contributed by atoms with Crippen LogP contribution >= 0.6 is 11.6 Å². The van der Waals surface area contributed by atoms with E-state index in [0.29, 0.717) is 53.5 Å². The van der Waals surface area contributed by atoms with Crippen LogP contribution in [0.2, 0.25) is 5.22 Å². The first kappa shape index (κ1) is 21.0.